The molecule has 3 N–H and O–H groups in total. The number of carbonyl (C=O) groups excluding carboxylic acids is 2. The van der Waals surface area contributed by atoms with Gasteiger partial charge in [-0.3, -0.25) is 19.7 Å². The Bertz CT molecular complexity index is 864. The zero-order valence-electron chi connectivity index (χ0n) is 16.9. The second-order valence-electron chi connectivity index (χ2n) is 7.08. The number of benzene rings is 1. The number of hydroxylamine groups is 1. The van der Waals surface area contributed by atoms with Crippen LogP contribution in [0.1, 0.15) is 22.8 Å². The van der Waals surface area contributed by atoms with E-state index in [1.165, 1.54) is 19.3 Å². The number of piperazine rings is 1. The molecule has 30 heavy (non-hydrogen) atoms. The molecule has 1 saturated heterocycles. The first-order chi connectivity index (χ1) is 14.5. The summed E-state index contributed by atoms with van der Waals surface area (Å²) in [5.41, 5.74) is 2.85. The Kier molecular flexibility index (Phi) is 7.47. The van der Waals surface area contributed by atoms with Crippen molar-refractivity contribution in [1.82, 2.24) is 25.7 Å². The first kappa shape index (κ1) is 21.4. The fraction of sp³-hybridized carbons (Fsp3) is 0.333. The highest BCUT2D eigenvalue weighted by Crippen LogP contribution is 2.12. The Morgan fingerprint density at radius 1 is 1.13 bits per heavy atom. The molecule has 0 bridgehead atoms. The predicted octanol–water partition coefficient (Wildman–Crippen LogP) is 0.936. The van der Waals surface area contributed by atoms with Crippen LogP contribution < -0.4 is 15.7 Å². The van der Waals surface area contributed by atoms with E-state index in [9.17, 15) is 9.59 Å². The average molecular weight is 410 g/mol. The molecular weight excluding hydrogens is 384 g/mol. The Balaban J connectivity index is 1.55. The standard InChI is InChI=1S/C21H26N6O3/c1-16(28)24-19(8-7-17-5-3-2-4-6-17)15-26-9-11-27(12-10-26)21-22-13-18(14-23-21)20(29)25-30/h2-8,13-14,19,30H,9-12,15H2,1H3,(H,24,28)(H,25,29). The van der Waals surface area contributed by atoms with E-state index in [2.05, 4.69) is 20.2 Å². The van der Waals surface area contributed by atoms with Gasteiger partial charge in [-0.05, 0) is 5.56 Å². The summed E-state index contributed by atoms with van der Waals surface area (Å²) in [6, 6.07) is 9.90. The van der Waals surface area contributed by atoms with E-state index < -0.39 is 5.91 Å². The van der Waals surface area contributed by atoms with Crippen LogP contribution in [0.25, 0.3) is 6.08 Å². The maximum Gasteiger partial charge on any atom is 0.277 e. The third-order valence-corrected chi connectivity index (χ3v) is 4.82. The lowest BCUT2D eigenvalue weighted by atomic mass is 10.1. The normalized spacial score (nSPS) is 15.7. The molecule has 1 fully saturated rings. The highest BCUT2D eigenvalue weighted by atomic mass is 16.5. The van der Waals surface area contributed by atoms with Crippen molar-refractivity contribution in [2.75, 3.05) is 37.6 Å². The van der Waals surface area contributed by atoms with Gasteiger partial charge in [-0.1, -0.05) is 42.5 Å². The largest absolute Gasteiger partial charge is 0.349 e. The van der Waals surface area contributed by atoms with Crippen LogP contribution in [0.5, 0.6) is 0 Å². The molecule has 1 atom stereocenters. The Labute approximate surface area is 175 Å². The van der Waals surface area contributed by atoms with E-state index in [1.807, 2.05) is 47.4 Å². The molecule has 0 aliphatic carbocycles. The minimum atomic E-state index is -0.640. The topological polar surface area (TPSA) is 111 Å². The Morgan fingerprint density at radius 3 is 2.40 bits per heavy atom. The van der Waals surface area contributed by atoms with Crippen LogP contribution in [0, 0.1) is 0 Å². The number of amides is 2. The number of nitrogens with one attached hydrogen (secondary N) is 2. The Hall–Kier alpha value is -3.30. The van der Waals surface area contributed by atoms with Gasteiger partial charge in [-0.15, -0.1) is 0 Å². The van der Waals surface area contributed by atoms with Crippen LogP contribution in [0.2, 0.25) is 0 Å². The number of hydrogen-bond acceptors (Lipinski definition) is 7. The summed E-state index contributed by atoms with van der Waals surface area (Å²) in [4.78, 5) is 35.7. The molecule has 1 aromatic carbocycles. The molecule has 0 saturated carbocycles. The van der Waals surface area contributed by atoms with Gasteiger partial charge in [0.1, 0.15) is 0 Å². The van der Waals surface area contributed by atoms with E-state index in [4.69, 9.17) is 5.21 Å². The molecule has 1 aliphatic rings. The maximum absolute atomic E-state index is 11.6. The molecule has 2 aromatic rings. The summed E-state index contributed by atoms with van der Waals surface area (Å²) in [6.45, 7) is 5.32. The average Bonchev–Trinajstić information content (AvgIpc) is 2.78. The minimum absolute atomic E-state index is 0.0586. The molecule has 158 valence electrons. The highest BCUT2D eigenvalue weighted by Gasteiger charge is 2.21. The van der Waals surface area contributed by atoms with Crippen molar-refractivity contribution in [3.05, 3.63) is 59.9 Å². The van der Waals surface area contributed by atoms with E-state index in [-0.39, 0.29) is 17.5 Å². The first-order valence-electron chi connectivity index (χ1n) is 9.79. The van der Waals surface area contributed by atoms with Gasteiger partial charge >= 0.3 is 0 Å². The molecule has 9 heteroatoms. The van der Waals surface area contributed by atoms with E-state index >= 15 is 0 Å². The van der Waals surface area contributed by atoms with Gasteiger partial charge in [0, 0.05) is 52.0 Å². The van der Waals surface area contributed by atoms with Crippen LogP contribution in [-0.4, -0.2) is 70.7 Å². The number of hydrogen-bond donors (Lipinski definition) is 3. The minimum Gasteiger partial charge on any atom is -0.349 e. The van der Waals surface area contributed by atoms with E-state index in [1.54, 1.807) is 5.48 Å². The highest BCUT2D eigenvalue weighted by molar-refractivity contribution is 5.92. The van der Waals surface area contributed by atoms with Gasteiger partial charge in [-0.2, -0.15) is 0 Å². The molecule has 0 radical (unpaired) electrons. The molecule has 1 aliphatic heterocycles. The summed E-state index contributed by atoms with van der Waals surface area (Å²) in [5.74, 6) is -0.151. The summed E-state index contributed by atoms with van der Waals surface area (Å²) in [5, 5.41) is 11.7. The molecule has 2 amide bonds. The lowest BCUT2D eigenvalue weighted by Crippen LogP contribution is -2.51. The monoisotopic (exact) mass is 410 g/mol. The number of anilines is 1. The number of carbonyl (C=O) groups is 2. The number of nitrogens with zero attached hydrogens (tertiary/aromatic N) is 4. The second kappa shape index (κ2) is 10.5. The van der Waals surface area contributed by atoms with Crippen LogP contribution in [0.3, 0.4) is 0 Å². The molecule has 9 nitrogen and oxygen atoms in total. The Morgan fingerprint density at radius 2 is 1.80 bits per heavy atom. The molecule has 3 rings (SSSR count). The zero-order valence-corrected chi connectivity index (χ0v) is 16.9. The third-order valence-electron chi connectivity index (χ3n) is 4.82. The quantitative estimate of drug-likeness (QED) is 0.460. The van der Waals surface area contributed by atoms with Crippen molar-refractivity contribution in [3.63, 3.8) is 0 Å². The van der Waals surface area contributed by atoms with Gasteiger partial charge < -0.3 is 10.2 Å². The van der Waals surface area contributed by atoms with Crippen molar-refractivity contribution >= 4 is 23.8 Å². The summed E-state index contributed by atoms with van der Waals surface area (Å²) in [7, 11) is 0. The first-order valence-corrected chi connectivity index (χ1v) is 9.79. The summed E-state index contributed by atoms with van der Waals surface area (Å²) in [6.07, 6.45) is 6.83. The van der Waals surface area contributed by atoms with Crippen molar-refractivity contribution < 1.29 is 14.8 Å². The van der Waals surface area contributed by atoms with Gasteiger partial charge in [0.25, 0.3) is 5.91 Å². The van der Waals surface area contributed by atoms with Crippen molar-refractivity contribution in [3.8, 4) is 0 Å². The molecule has 0 spiro atoms. The fourth-order valence-electron chi connectivity index (χ4n) is 3.28. The van der Waals surface area contributed by atoms with Crippen LogP contribution in [0.4, 0.5) is 5.95 Å². The third kappa shape index (κ3) is 6.10. The lowest BCUT2D eigenvalue weighted by molar-refractivity contribution is -0.119. The van der Waals surface area contributed by atoms with E-state index in [0.29, 0.717) is 12.5 Å². The smallest absolute Gasteiger partial charge is 0.277 e. The van der Waals surface area contributed by atoms with Crippen molar-refractivity contribution in [2.24, 2.45) is 0 Å². The fourth-order valence-corrected chi connectivity index (χ4v) is 3.28. The zero-order chi connectivity index (χ0) is 21.3. The van der Waals surface area contributed by atoms with Gasteiger partial charge in [0.15, 0.2) is 0 Å². The van der Waals surface area contributed by atoms with Gasteiger partial charge in [0.05, 0.1) is 11.6 Å². The molecule has 2 heterocycles. The molecule has 1 aromatic heterocycles. The van der Waals surface area contributed by atoms with Crippen LogP contribution in [-0.2, 0) is 4.79 Å². The van der Waals surface area contributed by atoms with E-state index in [0.717, 1.165) is 31.7 Å². The van der Waals surface area contributed by atoms with Crippen molar-refractivity contribution in [1.29, 1.82) is 0 Å². The number of aromatic nitrogens is 2. The molecular formula is C21H26N6O3. The van der Waals surface area contributed by atoms with Gasteiger partial charge in [0.2, 0.25) is 11.9 Å². The maximum atomic E-state index is 11.6. The SMILES string of the molecule is CC(=O)NC(C=Cc1ccccc1)CN1CCN(c2ncc(C(=O)NO)cn2)CC1. The predicted molar refractivity (Wildman–Crippen MR) is 113 cm³/mol. The lowest BCUT2D eigenvalue weighted by Gasteiger charge is -2.36. The van der Waals surface area contributed by atoms with Crippen LogP contribution in [0.15, 0.2) is 48.8 Å². The van der Waals surface area contributed by atoms with Crippen molar-refractivity contribution in [2.45, 2.75) is 13.0 Å². The number of rotatable bonds is 7. The summed E-state index contributed by atoms with van der Waals surface area (Å²) >= 11 is 0. The van der Waals surface area contributed by atoms with Gasteiger partial charge in [-0.25, -0.2) is 15.4 Å². The van der Waals surface area contributed by atoms with Crippen LogP contribution >= 0.6 is 0 Å². The summed E-state index contributed by atoms with van der Waals surface area (Å²) < 4.78 is 0. The molecule has 1 unspecified atom stereocenters. The second-order valence-corrected chi connectivity index (χ2v) is 7.08.